The molecule has 1 aliphatic heterocycles. The number of anilines is 1. The van der Waals surface area contributed by atoms with Gasteiger partial charge in [0.25, 0.3) is 5.89 Å². The molecule has 0 bridgehead atoms. The van der Waals surface area contributed by atoms with Crippen LogP contribution in [-0.4, -0.2) is 28.6 Å². The summed E-state index contributed by atoms with van der Waals surface area (Å²) in [5, 5.41) is 5.80. The van der Waals surface area contributed by atoms with Gasteiger partial charge in [-0.2, -0.15) is 4.98 Å². The van der Waals surface area contributed by atoms with Gasteiger partial charge in [-0.05, 0) is 48.6 Å². The van der Waals surface area contributed by atoms with Crippen LogP contribution in [-0.2, 0) is 16.1 Å². The van der Waals surface area contributed by atoms with Crippen molar-refractivity contribution in [2.24, 2.45) is 0 Å². The van der Waals surface area contributed by atoms with Crippen LogP contribution in [0.1, 0.15) is 35.5 Å². The van der Waals surface area contributed by atoms with Crippen LogP contribution in [0.15, 0.2) is 46.3 Å². The van der Waals surface area contributed by atoms with Gasteiger partial charge in [-0.3, -0.25) is 4.79 Å². The number of aromatic nitrogens is 2. The average molecular weight is 383 g/mol. The molecule has 8 heteroatoms. The van der Waals surface area contributed by atoms with Crippen molar-refractivity contribution in [1.82, 2.24) is 10.1 Å². The van der Waals surface area contributed by atoms with Gasteiger partial charge in [-0.15, -0.1) is 11.3 Å². The Morgan fingerprint density at radius 3 is 2.81 bits per heavy atom. The number of esters is 1. The molecule has 0 atom stereocenters. The van der Waals surface area contributed by atoms with E-state index in [0.717, 1.165) is 23.4 Å². The number of hydrogen-bond acceptors (Lipinski definition) is 7. The summed E-state index contributed by atoms with van der Waals surface area (Å²) in [5.41, 5.74) is 1.20. The quantitative estimate of drug-likeness (QED) is 0.625. The summed E-state index contributed by atoms with van der Waals surface area (Å²) >= 11 is 1.50. The molecule has 3 heterocycles. The highest BCUT2D eigenvalue weighted by molar-refractivity contribution is 7.13. The van der Waals surface area contributed by atoms with Gasteiger partial charge in [0.05, 0.1) is 10.4 Å². The average Bonchev–Trinajstić information content (AvgIpc) is 3.38. The standard InChI is InChI=1S/C19H17N3O4S/c23-17-5-1-2-10-22(17)14-8-6-13(7-9-14)19(24)25-12-16-20-18(21-26-16)15-4-3-11-27-15/h3-4,6-9,11H,1-2,5,10,12H2. The molecular weight excluding hydrogens is 366 g/mol. The summed E-state index contributed by atoms with van der Waals surface area (Å²) in [5.74, 6) is 0.353. The number of ether oxygens (including phenoxy) is 1. The number of hydrogen-bond donors (Lipinski definition) is 0. The molecule has 0 spiro atoms. The maximum atomic E-state index is 12.2. The summed E-state index contributed by atoms with van der Waals surface area (Å²) in [7, 11) is 0. The molecule has 4 rings (SSSR count). The zero-order valence-corrected chi connectivity index (χ0v) is 15.3. The summed E-state index contributed by atoms with van der Waals surface area (Å²) in [6.07, 6.45) is 2.50. The van der Waals surface area contributed by atoms with Crippen LogP contribution in [0.4, 0.5) is 5.69 Å². The molecule has 7 nitrogen and oxygen atoms in total. The predicted octanol–water partition coefficient (Wildman–Crippen LogP) is 3.67. The number of piperidine rings is 1. The Morgan fingerprint density at radius 2 is 2.07 bits per heavy atom. The molecule has 0 aliphatic carbocycles. The first-order valence-corrected chi connectivity index (χ1v) is 9.53. The molecule has 2 aromatic heterocycles. The summed E-state index contributed by atoms with van der Waals surface area (Å²) < 4.78 is 10.3. The number of carbonyl (C=O) groups is 2. The highest BCUT2D eigenvalue weighted by Gasteiger charge is 2.20. The Labute approximate surface area is 159 Å². The van der Waals surface area contributed by atoms with Crippen molar-refractivity contribution in [3.05, 3.63) is 53.2 Å². The van der Waals surface area contributed by atoms with Crippen LogP contribution < -0.4 is 4.90 Å². The van der Waals surface area contributed by atoms with Crippen molar-refractivity contribution < 1.29 is 18.8 Å². The van der Waals surface area contributed by atoms with Gasteiger partial charge >= 0.3 is 5.97 Å². The van der Waals surface area contributed by atoms with Gasteiger partial charge in [-0.25, -0.2) is 4.79 Å². The smallest absolute Gasteiger partial charge is 0.338 e. The van der Waals surface area contributed by atoms with Crippen molar-refractivity contribution in [3.8, 4) is 10.7 Å². The first kappa shape index (κ1) is 17.4. The second kappa shape index (κ2) is 7.71. The largest absolute Gasteiger partial charge is 0.452 e. The number of nitrogens with zero attached hydrogens (tertiary/aromatic N) is 3. The van der Waals surface area contributed by atoms with E-state index in [9.17, 15) is 9.59 Å². The molecule has 3 aromatic rings. The van der Waals surface area contributed by atoms with Crippen molar-refractivity contribution >= 4 is 28.9 Å². The molecule has 1 saturated heterocycles. The molecule has 0 radical (unpaired) electrons. The molecule has 1 aromatic carbocycles. The number of rotatable bonds is 5. The van der Waals surface area contributed by atoms with Crippen LogP contribution in [0.3, 0.4) is 0 Å². The fourth-order valence-corrected chi connectivity index (χ4v) is 3.54. The first-order valence-electron chi connectivity index (χ1n) is 8.65. The van der Waals surface area contributed by atoms with Gasteiger partial charge in [-0.1, -0.05) is 11.2 Å². The third kappa shape index (κ3) is 3.90. The van der Waals surface area contributed by atoms with Gasteiger partial charge in [0, 0.05) is 18.7 Å². The molecule has 1 aliphatic rings. The highest BCUT2D eigenvalue weighted by Crippen LogP contribution is 2.23. The lowest BCUT2D eigenvalue weighted by Gasteiger charge is -2.26. The van der Waals surface area contributed by atoms with Crippen LogP contribution >= 0.6 is 11.3 Å². The zero-order valence-electron chi connectivity index (χ0n) is 14.5. The molecule has 1 amide bonds. The second-order valence-corrected chi connectivity index (χ2v) is 7.06. The third-order valence-electron chi connectivity index (χ3n) is 4.27. The van der Waals surface area contributed by atoms with Crippen molar-refractivity contribution in [1.29, 1.82) is 0 Å². The highest BCUT2D eigenvalue weighted by atomic mass is 32.1. The van der Waals surface area contributed by atoms with Crippen molar-refractivity contribution in [2.75, 3.05) is 11.4 Å². The molecule has 0 N–H and O–H groups in total. The van der Waals surface area contributed by atoms with Crippen LogP contribution in [0.25, 0.3) is 10.7 Å². The Hall–Kier alpha value is -3.00. The second-order valence-electron chi connectivity index (χ2n) is 6.11. The van der Waals surface area contributed by atoms with Crippen molar-refractivity contribution in [3.63, 3.8) is 0 Å². The number of benzene rings is 1. The Morgan fingerprint density at radius 1 is 1.22 bits per heavy atom. The van der Waals surface area contributed by atoms with E-state index in [4.69, 9.17) is 9.26 Å². The Balaban J connectivity index is 1.36. The summed E-state index contributed by atoms with van der Waals surface area (Å²) in [6.45, 7) is 0.621. The third-order valence-corrected chi connectivity index (χ3v) is 5.14. The van der Waals surface area contributed by atoms with Gasteiger partial charge in [0.1, 0.15) is 0 Å². The minimum Gasteiger partial charge on any atom is -0.452 e. The van der Waals surface area contributed by atoms with Crippen LogP contribution in [0.2, 0.25) is 0 Å². The SMILES string of the molecule is O=C(OCc1nc(-c2cccs2)no1)c1ccc(N2CCCCC2=O)cc1. The minimum absolute atomic E-state index is 0.0937. The molecule has 0 saturated carbocycles. The number of carbonyl (C=O) groups excluding carboxylic acids is 2. The monoisotopic (exact) mass is 383 g/mol. The lowest BCUT2D eigenvalue weighted by molar-refractivity contribution is -0.119. The predicted molar refractivity (Wildman–Crippen MR) is 99.4 cm³/mol. The van der Waals surface area contributed by atoms with E-state index < -0.39 is 5.97 Å². The molecule has 0 unspecified atom stereocenters. The zero-order chi connectivity index (χ0) is 18.6. The van der Waals surface area contributed by atoms with Gasteiger partial charge < -0.3 is 14.2 Å². The maximum Gasteiger partial charge on any atom is 0.338 e. The van der Waals surface area contributed by atoms with E-state index in [2.05, 4.69) is 10.1 Å². The van der Waals surface area contributed by atoms with Crippen molar-refractivity contribution in [2.45, 2.75) is 25.9 Å². The van der Waals surface area contributed by atoms with Crippen LogP contribution in [0.5, 0.6) is 0 Å². The van der Waals surface area contributed by atoms with E-state index in [1.807, 2.05) is 17.5 Å². The van der Waals surface area contributed by atoms with Gasteiger partial charge in [0.2, 0.25) is 11.7 Å². The fraction of sp³-hybridized carbons (Fsp3) is 0.263. The van der Waals surface area contributed by atoms with E-state index in [1.54, 1.807) is 29.2 Å². The lowest BCUT2D eigenvalue weighted by atomic mass is 10.1. The van der Waals surface area contributed by atoms with E-state index in [0.29, 0.717) is 24.4 Å². The van der Waals surface area contributed by atoms with E-state index >= 15 is 0 Å². The summed E-state index contributed by atoms with van der Waals surface area (Å²) in [4.78, 5) is 31.0. The molecule has 138 valence electrons. The topological polar surface area (TPSA) is 85.5 Å². The first-order chi connectivity index (χ1) is 13.2. The van der Waals surface area contributed by atoms with Crippen LogP contribution in [0, 0.1) is 0 Å². The normalized spacial score (nSPS) is 14.4. The fourth-order valence-electron chi connectivity index (χ4n) is 2.89. The Kier molecular flexibility index (Phi) is 4.97. The number of thiophene rings is 1. The molecule has 27 heavy (non-hydrogen) atoms. The van der Waals surface area contributed by atoms with E-state index in [-0.39, 0.29) is 18.4 Å². The molecule has 1 fully saturated rings. The lowest BCUT2D eigenvalue weighted by Crippen LogP contribution is -2.35. The minimum atomic E-state index is -0.484. The summed E-state index contributed by atoms with van der Waals surface area (Å²) in [6, 6.07) is 10.6. The van der Waals surface area contributed by atoms with E-state index in [1.165, 1.54) is 11.3 Å². The molecular formula is C19H17N3O4S. The number of amides is 1. The maximum absolute atomic E-state index is 12.2. The van der Waals surface area contributed by atoms with Gasteiger partial charge in [0.15, 0.2) is 6.61 Å². The Bertz CT molecular complexity index is 934.